The van der Waals surface area contributed by atoms with Crippen molar-refractivity contribution in [2.45, 2.75) is 24.9 Å². The fourth-order valence-electron chi connectivity index (χ4n) is 4.26. The Balaban J connectivity index is 1.51. The van der Waals surface area contributed by atoms with Gasteiger partial charge in [0.1, 0.15) is 17.3 Å². The molecule has 0 saturated carbocycles. The van der Waals surface area contributed by atoms with Gasteiger partial charge in [0.2, 0.25) is 5.91 Å². The molecular formula is C25H28N2O4. The number of nitrogens with zero attached hydrogens (tertiary/aromatic N) is 1. The second kappa shape index (κ2) is 9.71. The lowest BCUT2D eigenvalue weighted by Gasteiger charge is -2.27. The molecule has 2 heterocycles. The van der Waals surface area contributed by atoms with Crippen LogP contribution in [0.2, 0.25) is 0 Å². The largest absolute Gasteiger partial charge is 0.497 e. The van der Waals surface area contributed by atoms with Crippen LogP contribution in [0.4, 0.5) is 0 Å². The lowest BCUT2D eigenvalue weighted by molar-refractivity contribution is -0.131. The van der Waals surface area contributed by atoms with Crippen molar-refractivity contribution in [3.8, 4) is 11.5 Å². The van der Waals surface area contributed by atoms with Gasteiger partial charge in [0.15, 0.2) is 0 Å². The van der Waals surface area contributed by atoms with E-state index in [1.54, 1.807) is 20.5 Å². The molecule has 0 bridgehead atoms. The molecule has 31 heavy (non-hydrogen) atoms. The normalized spacial score (nSPS) is 16.8. The standard InChI is InChI=1S/C25H28N2O4/c1-29-19-12-13-22(30-2)20(16-19)21-10-6-14-27(21)24(28)17-26-25(23-11-7-15-31-23)18-8-4-3-5-9-18/h3-5,7-9,11-13,15-16,21,25-26H,6,10,14,17H2,1-2H3/t21-,25-/m0/s1. The van der Waals surface area contributed by atoms with Gasteiger partial charge in [-0.2, -0.15) is 0 Å². The summed E-state index contributed by atoms with van der Waals surface area (Å²) >= 11 is 0. The number of methoxy groups -OCH3 is 2. The van der Waals surface area contributed by atoms with E-state index in [4.69, 9.17) is 13.9 Å². The van der Waals surface area contributed by atoms with Crippen molar-refractivity contribution in [1.29, 1.82) is 0 Å². The summed E-state index contributed by atoms with van der Waals surface area (Å²) < 4.78 is 16.6. The predicted octanol–water partition coefficient (Wildman–Crippen LogP) is 4.34. The van der Waals surface area contributed by atoms with Crippen molar-refractivity contribution in [2.75, 3.05) is 27.3 Å². The van der Waals surface area contributed by atoms with Crippen molar-refractivity contribution in [1.82, 2.24) is 10.2 Å². The summed E-state index contributed by atoms with van der Waals surface area (Å²) in [5, 5.41) is 3.40. The van der Waals surface area contributed by atoms with E-state index in [0.717, 1.165) is 47.8 Å². The molecule has 2 aromatic carbocycles. The first-order valence-electron chi connectivity index (χ1n) is 10.5. The number of benzene rings is 2. The van der Waals surface area contributed by atoms with Crippen LogP contribution in [0.3, 0.4) is 0 Å². The van der Waals surface area contributed by atoms with Gasteiger partial charge in [-0.25, -0.2) is 0 Å². The predicted molar refractivity (Wildman–Crippen MR) is 118 cm³/mol. The van der Waals surface area contributed by atoms with Gasteiger partial charge in [0.25, 0.3) is 0 Å². The number of hydrogen-bond acceptors (Lipinski definition) is 5. The van der Waals surface area contributed by atoms with E-state index in [1.165, 1.54) is 0 Å². The Morgan fingerprint density at radius 1 is 1.13 bits per heavy atom. The second-order valence-corrected chi connectivity index (χ2v) is 7.59. The van der Waals surface area contributed by atoms with Crippen LogP contribution < -0.4 is 14.8 Å². The van der Waals surface area contributed by atoms with Crippen molar-refractivity contribution < 1.29 is 18.7 Å². The van der Waals surface area contributed by atoms with Crippen molar-refractivity contribution in [2.24, 2.45) is 0 Å². The first kappa shape index (κ1) is 21.0. The van der Waals surface area contributed by atoms with E-state index in [-0.39, 0.29) is 24.5 Å². The monoisotopic (exact) mass is 420 g/mol. The van der Waals surface area contributed by atoms with Gasteiger partial charge < -0.3 is 18.8 Å². The van der Waals surface area contributed by atoms with Gasteiger partial charge in [-0.1, -0.05) is 30.3 Å². The highest BCUT2D eigenvalue weighted by Crippen LogP contribution is 2.39. The fraction of sp³-hybridized carbons (Fsp3) is 0.320. The molecule has 1 aromatic heterocycles. The van der Waals surface area contributed by atoms with E-state index < -0.39 is 0 Å². The maximum absolute atomic E-state index is 13.2. The SMILES string of the molecule is COc1ccc(OC)c([C@@H]2CCCN2C(=O)CN[C@@H](c2ccccc2)c2ccco2)c1. The lowest BCUT2D eigenvalue weighted by Crippen LogP contribution is -2.39. The number of carbonyl (C=O) groups is 1. The average Bonchev–Trinajstić information content (AvgIpc) is 3.52. The third-order valence-corrected chi connectivity index (χ3v) is 5.79. The molecule has 1 fully saturated rings. The number of furan rings is 1. The van der Waals surface area contributed by atoms with Gasteiger partial charge >= 0.3 is 0 Å². The summed E-state index contributed by atoms with van der Waals surface area (Å²) in [6, 6.07) is 19.3. The summed E-state index contributed by atoms with van der Waals surface area (Å²) in [4.78, 5) is 15.2. The van der Waals surface area contributed by atoms with Crippen LogP contribution in [-0.2, 0) is 4.79 Å². The smallest absolute Gasteiger partial charge is 0.237 e. The third kappa shape index (κ3) is 4.59. The summed E-state index contributed by atoms with van der Waals surface area (Å²) in [6.45, 7) is 0.936. The topological polar surface area (TPSA) is 63.9 Å². The Morgan fingerprint density at radius 3 is 2.68 bits per heavy atom. The maximum atomic E-state index is 13.2. The van der Waals surface area contributed by atoms with E-state index in [1.807, 2.05) is 65.6 Å². The first-order chi connectivity index (χ1) is 15.2. The molecule has 4 rings (SSSR count). The minimum Gasteiger partial charge on any atom is -0.497 e. The molecule has 6 heteroatoms. The number of ether oxygens (including phenoxy) is 2. The zero-order valence-electron chi connectivity index (χ0n) is 17.9. The van der Waals surface area contributed by atoms with Crippen molar-refractivity contribution >= 4 is 5.91 Å². The van der Waals surface area contributed by atoms with Crippen LogP contribution >= 0.6 is 0 Å². The van der Waals surface area contributed by atoms with Crippen LogP contribution in [0.1, 0.15) is 41.8 Å². The number of likely N-dealkylation sites (tertiary alicyclic amines) is 1. The molecule has 0 radical (unpaired) electrons. The van der Waals surface area contributed by atoms with Crippen LogP contribution in [0.25, 0.3) is 0 Å². The zero-order valence-corrected chi connectivity index (χ0v) is 17.9. The highest BCUT2D eigenvalue weighted by molar-refractivity contribution is 5.79. The van der Waals surface area contributed by atoms with Crippen LogP contribution in [-0.4, -0.2) is 38.1 Å². The molecule has 1 aliphatic rings. The Morgan fingerprint density at radius 2 is 1.97 bits per heavy atom. The first-order valence-corrected chi connectivity index (χ1v) is 10.5. The highest BCUT2D eigenvalue weighted by atomic mass is 16.5. The average molecular weight is 421 g/mol. The van der Waals surface area contributed by atoms with Gasteiger partial charge in [0.05, 0.1) is 39.1 Å². The van der Waals surface area contributed by atoms with Crippen LogP contribution in [0.15, 0.2) is 71.3 Å². The Bertz CT molecular complexity index is 988. The number of carbonyl (C=O) groups excluding carboxylic acids is 1. The molecule has 2 atom stereocenters. The molecule has 1 aliphatic heterocycles. The zero-order chi connectivity index (χ0) is 21.6. The quantitative estimate of drug-likeness (QED) is 0.587. The molecule has 162 valence electrons. The van der Waals surface area contributed by atoms with E-state index in [2.05, 4.69) is 5.32 Å². The molecule has 3 aromatic rings. The summed E-state index contributed by atoms with van der Waals surface area (Å²) in [6.07, 6.45) is 3.51. The minimum absolute atomic E-state index is 0.0295. The van der Waals surface area contributed by atoms with E-state index >= 15 is 0 Å². The second-order valence-electron chi connectivity index (χ2n) is 7.59. The summed E-state index contributed by atoms with van der Waals surface area (Å²) in [7, 11) is 3.30. The lowest BCUT2D eigenvalue weighted by atomic mass is 10.0. The number of nitrogens with one attached hydrogen (secondary N) is 1. The Kier molecular flexibility index (Phi) is 6.57. The molecule has 1 saturated heterocycles. The minimum atomic E-state index is -0.187. The van der Waals surface area contributed by atoms with E-state index in [0.29, 0.717) is 0 Å². The molecule has 1 N–H and O–H groups in total. The Labute approximate surface area is 182 Å². The number of amides is 1. The fourth-order valence-corrected chi connectivity index (χ4v) is 4.26. The highest BCUT2D eigenvalue weighted by Gasteiger charge is 2.32. The van der Waals surface area contributed by atoms with Gasteiger partial charge in [0, 0.05) is 12.1 Å². The maximum Gasteiger partial charge on any atom is 0.237 e. The Hall–Kier alpha value is -3.25. The van der Waals surface area contributed by atoms with Crippen molar-refractivity contribution in [3.63, 3.8) is 0 Å². The molecule has 1 amide bonds. The third-order valence-electron chi connectivity index (χ3n) is 5.79. The summed E-state index contributed by atoms with van der Waals surface area (Å²) in [5.74, 6) is 2.37. The molecule has 0 spiro atoms. The van der Waals surface area contributed by atoms with Crippen molar-refractivity contribution in [3.05, 3.63) is 83.8 Å². The van der Waals surface area contributed by atoms with Gasteiger partial charge in [-0.05, 0) is 48.7 Å². The molecule has 0 aliphatic carbocycles. The summed E-state index contributed by atoms with van der Waals surface area (Å²) in [5.41, 5.74) is 2.04. The molecular weight excluding hydrogens is 392 g/mol. The number of rotatable bonds is 8. The van der Waals surface area contributed by atoms with Crippen LogP contribution in [0.5, 0.6) is 11.5 Å². The van der Waals surface area contributed by atoms with Gasteiger partial charge in [-0.3, -0.25) is 10.1 Å². The van der Waals surface area contributed by atoms with Gasteiger partial charge in [-0.15, -0.1) is 0 Å². The van der Waals surface area contributed by atoms with E-state index in [9.17, 15) is 4.79 Å². The molecule has 6 nitrogen and oxygen atoms in total. The molecule has 0 unspecified atom stereocenters. The van der Waals surface area contributed by atoms with Crippen LogP contribution in [0, 0.1) is 0 Å². The number of hydrogen-bond donors (Lipinski definition) is 1.